The van der Waals surface area contributed by atoms with Gasteiger partial charge in [-0.1, -0.05) is 187 Å². The van der Waals surface area contributed by atoms with Crippen molar-refractivity contribution in [3.8, 4) is 18.1 Å². The maximum Gasteiger partial charge on any atom is 0.0146 e. The van der Waals surface area contributed by atoms with Crippen LogP contribution in [0.5, 0.6) is 5.75 Å². The van der Waals surface area contributed by atoms with Gasteiger partial charge in [-0.2, -0.15) is 6.67 Å². The summed E-state index contributed by atoms with van der Waals surface area (Å²) in [6.07, 6.45) is 11.5. The normalized spacial score (nSPS) is 13.5. The number of hydrogen-bond donors (Lipinski definition) is 0. The van der Waals surface area contributed by atoms with E-state index in [1.54, 1.807) is 16.8 Å². The number of terminal acetylenes is 1. The van der Waals surface area contributed by atoms with Gasteiger partial charge in [-0.15, -0.1) is 13.0 Å². The molecule has 0 amide bonds. The van der Waals surface area contributed by atoms with Gasteiger partial charge in [0.15, 0.2) is 5.60 Å². The minimum atomic E-state index is -2.05. The second kappa shape index (κ2) is 28.7. The third kappa shape index (κ3) is 15.0. The summed E-state index contributed by atoms with van der Waals surface area (Å²) in [6.45, 7) is 30.0. The largest absolute Gasteiger partial charge is 0.502 e. The summed E-state index contributed by atoms with van der Waals surface area (Å²) in [7, 11) is 11.6. The van der Waals surface area contributed by atoms with Crippen LogP contribution >= 0.6 is 19.4 Å². The fraction of sp³-hybridized carbons (Fsp3) is 0.224. The minimum Gasteiger partial charge on any atom is -0.502 e. The predicted molar refractivity (Wildman–Crippen MR) is 323 cm³/mol. The Morgan fingerprint density at radius 1 is 0.744 bits per heavy atom. The number of hydrogen-bond acceptors (Lipinski definition) is 7. The molecule has 0 bridgehead atoms. The Hall–Kier alpha value is -6.89. The molecule has 11 heteroatoms. The van der Waals surface area contributed by atoms with Gasteiger partial charge in [0.1, 0.15) is 5.60 Å². The van der Waals surface area contributed by atoms with Gasteiger partial charge in [0, 0.05) is 35.6 Å². The molecule has 0 N–H and O–H groups in total. The molecule has 7 aromatic rings. The van der Waals surface area contributed by atoms with Gasteiger partial charge in [0.05, 0.1) is 13.2 Å². The van der Waals surface area contributed by atoms with E-state index >= 15 is 0 Å². The van der Waals surface area contributed by atoms with E-state index in [-0.39, 0.29) is 11.8 Å². The van der Waals surface area contributed by atoms with E-state index in [2.05, 4.69) is 132 Å². The van der Waals surface area contributed by atoms with Crippen LogP contribution in [0.2, 0.25) is 0 Å². The molecule has 0 aromatic heterocycles. The van der Waals surface area contributed by atoms with E-state index in [1.807, 2.05) is 117 Å². The summed E-state index contributed by atoms with van der Waals surface area (Å²) in [6, 6.07) is 53.8. The molecule has 2 aliphatic rings. The zero-order valence-electron chi connectivity index (χ0n) is 45.9. The van der Waals surface area contributed by atoms with Crippen LogP contribution in [-0.4, -0.2) is 41.9 Å². The number of rotatable bonds is 14. The van der Waals surface area contributed by atoms with Gasteiger partial charge in [0.2, 0.25) is 0 Å². The molecule has 2 aliphatic heterocycles. The fourth-order valence-corrected chi connectivity index (χ4v) is 11.8. The number of nitro benzene ring substituents is 1. The van der Waals surface area contributed by atoms with Crippen LogP contribution in [0, 0.1) is 70.7 Å². The van der Waals surface area contributed by atoms with Crippen LogP contribution in [-0.2, 0) is 34.2 Å². The first kappa shape index (κ1) is 60.3. The number of aryl methyl sites for hydroxylation is 6. The van der Waals surface area contributed by atoms with E-state index in [4.69, 9.17) is 40.0 Å². The van der Waals surface area contributed by atoms with E-state index in [9.17, 15) is 10.1 Å². The van der Waals surface area contributed by atoms with E-state index in [0.29, 0.717) is 24.5 Å². The molecular weight excluding hydrogens is 1100 g/mol. The van der Waals surface area contributed by atoms with Crippen LogP contribution in [0.25, 0.3) is 0 Å². The Morgan fingerprint density at radius 2 is 1.19 bits per heavy atom. The van der Waals surface area contributed by atoms with Gasteiger partial charge in [0.25, 0.3) is 0 Å². The quantitative estimate of drug-likeness (QED) is 0.0268. The standard InChI is InChI=1S/C21H27N2.2C18H16O.C10H11NO3.2ClH.Ru/c1-14-9-16(3)20(17(4)10-14)22-7-8-23(13-22)21-18(5)11-15(2)12-19(21)6;1-2-15-13-14-19-18(15,16-9-5-3-6-10-16)17-11-7-4-8-12-17;1-3-15-19-18(4-2,16-11-7-5-8-12-16)17-13-9-6-10-14-17;1-7(2)14-10-5-4-9(11(12)13)6-8(10)3;;;/h9-13H,7-8H2,1-6H3;2-13H,1,14H2;2-3,5-14H,1,15H2;3-7H,1-2H3;2*1H;/q-1;;;;;;+2/p-2. The molecule has 0 radical (unpaired) electrons. The summed E-state index contributed by atoms with van der Waals surface area (Å²) >= 11 is -2.05. The van der Waals surface area contributed by atoms with Crippen molar-refractivity contribution < 1.29 is 32.7 Å². The molecule has 7 aromatic carbocycles. The number of benzene rings is 7. The van der Waals surface area contributed by atoms with Gasteiger partial charge >= 0.3 is 112 Å². The molecule has 0 atom stereocenters. The second-order valence-corrected chi connectivity index (χ2v) is 24.9. The van der Waals surface area contributed by atoms with Crippen LogP contribution < -0.4 is 14.5 Å². The minimum absolute atomic E-state index is 0.00360. The summed E-state index contributed by atoms with van der Waals surface area (Å²) in [5.41, 5.74) is 15.3. The Kier molecular flexibility index (Phi) is 22.2. The average Bonchev–Trinajstić information content (AvgIpc) is 4.25. The topological polar surface area (TPSA) is 77.3 Å². The Bertz CT molecular complexity index is 3060. The van der Waals surface area contributed by atoms with Crippen LogP contribution in [0.4, 0.5) is 17.1 Å². The van der Waals surface area contributed by atoms with Crippen molar-refractivity contribution in [3.63, 3.8) is 0 Å². The monoisotopic (exact) mass is 1170 g/mol. The fourth-order valence-electron chi connectivity index (χ4n) is 10.1. The van der Waals surface area contributed by atoms with Crippen LogP contribution in [0.3, 0.4) is 0 Å². The van der Waals surface area contributed by atoms with Gasteiger partial charge in [-0.05, 0) is 80.5 Å². The van der Waals surface area contributed by atoms with Gasteiger partial charge in [-0.25, -0.2) is 0 Å². The third-order valence-electron chi connectivity index (χ3n) is 13.0. The summed E-state index contributed by atoms with van der Waals surface area (Å²) in [5.74, 6) is 3.37. The molecule has 2 heterocycles. The van der Waals surface area contributed by atoms with Gasteiger partial charge < -0.3 is 19.3 Å². The Morgan fingerprint density at radius 3 is 1.58 bits per heavy atom. The molecule has 1 saturated heterocycles. The SMILES string of the molecule is C#CC(OCC=C)(c1ccccc1)c1ccccc1.C=CC1=CCOC1(c1ccccc1)c1ccccc1.CC(C)Oc1ccc([N+](=O)[O-])cc1[CH]=[Ru]([Cl])[Cl].Cc1cc(C)c(N2[CH-]N(c3c(C)cc(C)cc3C)CC2)c(C)c1. The molecule has 8 nitrogen and oxygen atoms in total. The molecule has 0 aliphatic carbocycles. The van der Waals surface area contributed by atoms with Crippen molar-refractivity contribution >= 4 is 41.1 Å². The number of nitro groups is 1. The van der Waals surface area contributed by atoms with E-state index in [1.165, 1.54) is 56.9 Å². The van der Waals surface area contributed by atoms with Gasteiger partial charge in [-0.3, -0.25) is 0 Å². The number of non-ortho nitro benzene ring substituents is 1. The molecule has 0 spiro atoms. The summed E-state index contributed by atoms with van der Waals surface area (Å²) in [5, 5.41) is 10.7. The average molecular weight is 1170 g/mol. The maximum absolute atomic E-state index is 10.7. The van der Waals surface area contributed by atoms with Crippen molar-refractivity contribution in [1.82, 2.24) is 0 Å². The first-order chi connectivity index (χ1) is 37.5. The van der Waals surface area contributed by atoms with Crippen molar-refractivity contribution in [2.45, 2.75) is 72.7 Å². The molecule has 78 heavy (non-hydrogen) atoms. The van der Waals surface area contributed by atoms with Crippen LogP contribution in [0.15, 0.2) is 201 Å². The summed E-state index contributed by atoms with van der Waals surface area (Å²) < 4.78 is 19.3. The summed E-state index contributed by atoms with van der Waals surface area (Å²) in [4.78, 5) is 15.0. The van der Waals surface area contributed by atoms with Crippen molar-refractivity contribution in [3.05, 3.63) is 279 Å². The third-order valence-corrected chi connectivity index (χ3v) is 14.9. The number of nitrogens with zero attached hydrogens (tertiary/aromatic N) is 3. The second-order valence-electron chi connectivity index (χ2n) is 19.2. The molecule has 9 rings (SSSR count). The molecule has 406 valence electrons. The number of ether oxygens (including phenoxy) is 3. The molecule has 0 saturated carbocycles. The van der Waals surface area contributed by atoms with Crippen molar-refractivity contribution in [2.75, 3.05) is 36.1 Å². The zero-order chi connectivity index (χ0) is 56.4. The predicted octanol–water partition coefficient (Wildman–Crippen LogP) is 16.3. The van der Waals surface area contributed by atoms with Crippen molar-refractivity contribution in [1.29, 1.82) is 0 Å². The molecular formula is C67H70Cl2N3O5Ru-. The molecule has 0 unspecified atom stereocenters. The van der Waals surface area contributed by atoms with E-state index in [0.717, 1.165) is 40.9 Å². The van der Waals surface area contributed by atoms with E-state index < -0.39 is 29.6 Å². The van der Waals surface area contributed by atoms with Crippen molar-refractivity contribution in [2.24, 2.45) is 0 Å². The number of anilines is 2. The first-order valence-corrected chi connectivity index (χ1v) is 31.2. The Balaban J connectivity index is 0.000000169. The zero-order valence-corrected chi connectivity index (χ0v) is 49.1. The Labute approximate surface area is 476 Å². The van der Waals surface area contributed by atoms with Crippen LogP contribution in [0.1, 0.15) is 75.0 Å². The maximum atomic E-state index is 10.7. The smallest absolute Gasteiger partial charge is 0.0146 e. The first-order valence-electron chi connectivity index (χ1n) is 25.7. The number of halogens is 2. The molecule has 1 fully saturated rings.